The maximum atomic E-state index is 9.45. The fraction of sp³-hybridized carbons (Fsp3) is 0.176. The van der Waals surface area contributed by atoms with Crippen molar-refractivity contribution < 1.29 is 15.1 Å². The number of aliphatic hydroxyl groups is 2. The summed E-state index contributed by atoms with van der Waals surface area (Å²) in [5.74, 6) is 0. The molecule has 2 N–H and O–H groups in total. The molecule has 0 radical (unpaired) electrons. The van der Waals surface area contributed by atoms with Gasteiger partial charge in [0.05, 0.1) is 18.8 Å². The molecule has 0 amide bonds. The zero-order valence-corrected chi connectivity index (χ0v) is 12.2. The van der Waals surface area contributed by atoms with Gasteiger partial charge in [0.1, 0.15) is 18.9 Å². The van der Waals surface area contributed by atoms with Crippen molar-refractivity contribution in [1.29, 1.82) is 5.26 Å². The first-order valence-electron chi connectivity index (χ1n) is 6.69. The van der Waals surface area contributed by atoms with Crippen LogP contribution in [0.1, 0.15) is 16.7 Å². The summed E-state index contributed by atoms with van der Waals surface area (Å²) in [7, 11) is 1.47. The molecule has 0 aliphatic heterocycles. The van der Waals surface area contributed by atoms with Crippen LogP contribution < -0.4 is 0 Å². The highest BCUT2D eigenvalue weighted by Gasteiger charge is 2.10. The number of allylic oxidation sites excluding steroid dienone is 6. The molecule has 0 saturated heterocycles. The molecule has 112 valence electrons. The molecule has 1 aliphatic rings. The SMILES string of the molecule is CON=C1C=CC(=C(C#N)c2ccc(CO)c(CO)c2)C=C1. The highest BCUT2D eigenvalue weighted by Crippen LogP contribution is 2.24. The van der Waals surface area contributed by atoms with Crippen molar-refractivity contribution in [2.45, 2.75) is 13.2 Å². The van der Waals surface area contributed by atoms with Crippen LogP contribution >= 0.6 is 0 Å². The molecule has 0 unspecified atom stereocenters. The lowest BCUT2D eigenvalue weighted by Gasteiger charge is -2.10. The molecule has 22 heavy (non-hydrogen) atoms. The lowest BCUT2D eigenvalue weighted by atomic mass is 9.94. The van der Waals surface area contributed by atoms with E-state index in [1.54, 1.807) is 42.5 Å². The second-order valence-corrected chi connectivity index (χ2v) is 4.61. The third-order valence-electron chi connectivity index (χ3n) is 3.30. The number of hydrogen-bond donors (Lipinski definition) is 2. The molecular formula is C17H16N2O3. The molecule has 0 spiro atoms. The molecule has 1 aromatic carbocycles. The summed E-state index contributed by atoms with van der Waals surface area (Å²) in [4.78, 5) is 4.70. The number of benzene rings is 1. The molecule has 0 bridgehead atoms. The molecule has 0 aromatic heterocycles. The first kappa shape index (κ1) is 15.7. The highest BCUT2D eigenvalue weighted by atomic mass is 16.6. The molecule has 0 fully saturated rings. The Bertz CT molecular complexity index is 704. The summed E-state index contributed by atoms with van der Waals surface area (Å²) in [6.07, 6.45) is 7.08. The lowest BCUT2D eigenvalue weighted by Crippen LogP contribution is -1.99. The van der Waals surface area contributed by atoms with Crippen molar-refractivity contribution in [2.75, 3.05) is 7.11 Å². The first-order valence-corrected chi connectivity index (χ1v) is 6.69. The number of nitrogens with zero attached hydrogens (tertiary/aromatic N) is 2. The van der Waals surface area contributed by atoms with Crippen molar-refractivity contribution in [1.82, 2.24) is 0 Å². The maximum Gasteiger partial charge on any atom is 0.106 e. The molecule has 0 atom stereocenters. The fourth-order valence-electron chi connectivity index (χ4n) is 2.17. The van der Waals surface area contributed by atoms with E-state index in [9.17, 15) is 15.5 Å². The largest absolute Gasteiger partial charge is 0.399 e. The summed E-state index contributed by atoms with van der Waals surface area (Å²) in [6.45, 7) is -0.334. The highest BCUT2D eigenvalue weighted by molar-refractivity contribution is 6.06. The normalized spacial score (nSPS) is 13.0. The Morgan fingerprint density at radius 1 is 1.14 bits per heavy atom. The lowest BCUT2D eigenvalue weighted by molar-refractivity contribution is 0.214. The number of oxime groups is 1. The molecule has 0 heterocycles. The summed E-state index contributed by atoms with van der Waals surface area (Å²) in [6, 6.07) is 7.38. The van der Waals surface area contributed by atoms with E-state index in [0.29, 0.717) is 28.0 Å². The van der Waals surface area contributed by atoms with Gasteiger partial charge in [0.2, 0.25) is 0 Å². The van der Waals surface area contributed by atoms with Gasteiger partial charge in [-0.15, -0.1) is 0 Å². The van der Waals surface area contributed by atoms with Crippen molar-refractivity contribution in [2.24, 2.45) is 5.16 Å². The van der Waals surface area contributed by atoms with Gasteiger partial charge in [0.25, 0.3) is 0 Å². The molecule has 1 aromatic rings. The molecule has 2 rings (SSSR count). The second-order valence-electron chi connectivity index (χ2n) is 4.61. The number of aliphatic hydroxyl groups excluding tert-OH is 2. The van der Waals surface area contributed by atoms with E-state index in [0.717, 1.165) is 5.57 Å². The minimum absolute atomic E-state index is 0.148. The quantitative estimate of drug-likeness (QED) is 0.658. The molecule has 5 heteroatoms. The molecule has 5 nitrogen and oxygen atoms in total. The van der Waals surface area contributed by atoms with Crippen molar-refractivity contribution in [3.8, 4) is 6.07 Å². The van der Waals surface area contributed by atoms with Crippen LogP contribution in [0, 0.1) is 11.3 Å². The van der Waals surface area contributed by atoms with Crippen LogP contribution in [0.2, 0.25) is 0 Å². The van der Waals surface area contributed by atoms with Crippen LogP contribution in [0.25, 0.3) is 5.57 Å². The van der Waals surface area contributed by atoms with Crippen molar-refractivity contribution in [3.63, 3.8) is 0 Å². The summed E-state index contributed by atoms with van der Waals surface area (Å²) in [5.41, 5.74) is 3.85. The van der Waals surface area contributed by atoms with Gasteiger partial charge < -0.3 is 15.1 Å². The second kappa shape index (κ2) is 7.36. The summed E-state index contributed by atoms with van der Waals surface area (Å²) >= 11 is 0. The Balaban J connectivity index is 2.44. The molecule has 0 saturated carbocycles. The Morgan fingerprint density at radius 3 is 2.36 bits per heavy atom. The summed E-state index contributed by atoms with van der Waals surface area (Å²) < 4.78 is 0. The molecular weight excluding hydrogens is 280 g/mol. The number of nitriles is 1. The predicted molar refractivity (Wildman–Crippen MR) is 83.5 cm³/mol. The van der Waals surface area contributed by atoms with E-state index >= 15 is 0 Å². The van der Waals surface area contributed by atoms with E-state index in [4.69, 9.17) is 4.84 Å². The Hall–Kier alpha value is -2.68. The van der Waals surface area contributed by atoms with Crippen LogP contribution in [0.5, 0.6) is 0 Å². The van der Waals surface area contributed by atoms with E-state index < -0.39 is 0 Å². The van der Waals surface area contributed by atoms with Gasteiger partial charge in [-0.1, -0.05) is 29.4 Å². The number of hydrogen-bond acceptors (Lipinski definition) is 5. The average molecular weight is 296 g/mol. The standard InChI is InChI=1S/C17H16N2O3/c1-22-19-16-6-4-12(5-7-16)17(9-18)13-2-3-14(10-20)15(8-13)11-21/h2-8,20-21H,10-11H2,1H3. The van der Waals surface area contributed by atoms with Crippen LogP contribution in [0.15, 0.2) is 53.2 Å². The fourth-order valence-corrected chi connectivity index (χ4v) is 2.17. The Kier molecular flexibility index (Phi) is 5.26. The zero-order valence-electron chi connectivity index (χ0n) is 12.2. The minimum atomic E-state index is -0.186. The van der Waals surface area contributed by atoms with E-state index in [-0.39, 0.29) is 13.2 Å². The van der Waals surface area contributed by atoms with E-state index in [2.05, 4.69) is 11.2 Å². The van der Waals surface area contributed by atoms with Gasteiger partial charge in [-0.3, -0.25) is 0 Å². The van der Waals surface area contributed by atoms with Gasteiger partial charge in [0.15, 0.2) is 0 Å². The Morgan fingerprint density at radius 2 is 1.82 bits per heavy atom. The molecule has 1 aliphatic carbocycles. The van der Waals surface area contributed by atoms with Gasteiger partial charge in [-0.05, 0) is 40.5 Å². The van der Waals surface area contributed by atoms with Gasteiger partial charge in [0, 0.05) is 0 Å². The van der Waals surface area contributed by atoms with Crippen molar-refractivity contribution in [3.05, 3.63) is 64.8 Å². The smallest absolute Gasteiger partial charge is 0.106 e. The van der Waals surface area contributed by atoms with E-state index in [1.165, 1.54) is 7.11 Å². The maximum absolute atomic E-state index is 9.45. The predicted octanol–water partition coefficient (Wildman–Crippen LogP) is 2.08. The third kappa shape index (κ3) is 3.31. The van der Waals surface area contributed by atoms with Crippen molar-refractivity contribution >= 4 is 11.3 Å². The minimum Gasteiger partial charge on any atom is -0.399 e. The average Bonchev–Trinajstić information content (AvgIpc) is 2.57. The van der Waals surface area contributed by atoms with E-state index in [1.807, 2.05) is 0 Å². The first-order chi connectivity index (χ1) is 10.7. The number of rotatable bonds is 4. The van der Waals surface area contributed by atoms with Crippen LogP contribution in [-0.2, 0) is 18.1 Å². The van der Waals surface area contributed by atoms with Gasteiger partial charge in [-0.25, -0.2) is 0 Å². The van der Waals surface area contributed by atoms with Crippen LogP contribution in [-0.4, -0.2) is 23.0 Å². The topological polar surface area (TPSA) is 85.8 Å². The monoisotopic (exact) mass is 296 g/mol. The van der Waals surface area contributed by atoms with Gasteiger partial charge >= 0.3 is 0 Å². The van der Waals surface area contributed by atoms with Crippen LogP contribution in [0.4, 0.5) is 0 Å². The third-order valence-corrected chi connectivity index (χ3v) is 3.30. The van der Waals surface area contributed by atoms with Gasteiger partial charge in [-0.2, -0.15) is 5.26 Å². The zero-order chi connectivity index (χ0) is 15.9. The van der Waals surface area contributed by atoms with Crippen LogP contribution in [0.3, 0.4) is 0 Å². The summed E-state index contributed by atoms with van der Waals surface area (Å²) in [5, 5.41) is 31.8. The Labute approximate surface area is 128 Å².